The molecular formula is C21H35IN4O. The van der Waals surface area contributed by atoms with Crippen molar-refractivity contribution in [3.05, 3.63) is 35.9 Å². The van der Waals surface area contributed by atoms with Crippen molar-refractivity contribution in [1.82, 2.24) is 15.1 Å². The van der Waals surface area contributed by atoms with E-state index >= 15 is 0 Å². The van der Waals surface area contributed by atoms with Crippen LogP contribution in [0.25, 0.3) is 0 Å². The van der Waals surface area contributed by atoms with E-state index in [1.807, 2.05) is 0 Å². The Bertz CT molecular complexity index is 569. The fourth-order valence-corrected chi connectivity index (χ4v) is 4.14. The van der Waals surface area contributed by atoms with Gasteiger partial charge in [0.15, 0.2) is 5.96 Å². The van der Waals surface area contributed by atoms with Gasteiger partial charge in [-0.2, -0.15) is 0 Å². The summed E-state index contributed by atoms with van der Waals surface area (Å²) in [4.78, 5) is 10.0. The van der Waals surface area contributed by atoms with Gasteiger partial charge in [-0.25, -0.2) is 0 Å². The molecule has 1 aromatic carbocycles. The molecule has 1 N–H and O–H groups in total. The molecule has 0 spiro atoms. The Hall–Kier alpha value is -0.860. The summed E-state index contributed by atoms with van der Waals surface area (Å²) in [5, 5.41) is 3.49. The minimum Gasteiger partial charge on any atom is -0.384 e. The van der Waals surface area contributed by atoms with Crippen molar-refractivity contribution in [3.63, 3.8) is 0 Å². The van der Waals surface area contributed by atoms with Crippen molar-refractivity contribution in [3.8, 4) is 0 Å². The highest BCUT2D eigenvalue weighted by Gasteiger charge is 2.27. The quantitative estimate of drug-likeness (QED) is 0.365. The fraction of sp³-hybridized carbons (Fsp3) is 0.667. The zero-order valence-corrected chi connectivity index (χ0v) is 19.1. The Balaban J connectivity index is 0.00000261. The van der Waals surface area contributed by atoms with E-state index in [0.29, 0.717) is 12.0 Å². The molecule has 152 valence electrons. The third kappa shape index (κ3) is 6.61. The zero-order valence-electron chi connectivity index (χ0n) is 16.8. The molecule has 3 rings (SSSR count). The number of guanidine groups is 1. The third-order valence-corrected chi connectivity index (χ3v) is 5.50. The molecule has 0 saturated carbocycles. The van der Waals surface area contributed by atoms with Crippen LogP contribution in [0.4, 0.5) is 0 Å². The summed E-state index contributed by atoms with van der Waals surface area (Å²) < 4.78 is 5.33. The molecule has 0 bridgehead atoms. The number of aliphatic imine (C=N–C) groups is 1. The molecule has 1 aromatic rings. The Morgan fingerprint density at radius 2 is 2.04 bits per heavy atom. The molecule has 2 atom stereocenters. The van der Waals surface area contributed by atoms with Gasteiger partial charge in [0.25, 0.3) is 0 Å². The molecule has 0 aliphatic carbocycles. The van der Waals surface area contributed by atoms with Crippen molar-refractivity contribution in [2.45, 2.75) is 38.8 Å². The van der Waals surface area contributed by atoms with Gasteiger partial charge in [0.1, 0.15) is 0 Å². The molecule has 5 nitrogen and oxygen atoms in total. The molecule has 0 aromatic heterocycles. The highest BCUT2D eigenvalue weighted by molar-refractivity contribution is 14.0. The average molecular weight is 486 g/mol. The zero-order chi connectivity index (χ0) is 18.2. The van der Waals surface area contributed by atoms with Crippen molar-refractivity contribution in [2.75, 3.05) is 46.4 Å². The van der Waals surface area contributed by atoms with Crippen LogP contribution in [0.1, 0.15) is 31.7 Å². The first-order chi connectivity index (χ1) is 12.8. The first-order valence-electron chi connectivity index (χ1n) is 10.1. The predicted octanol–water partition coefficient (Wildman–Crippen LogP) is 3.20. The predicted molar refractivity (Wildman–Crippen MR) is 123 cm³/mol. The number of likely N-dealkylation sites (tertiary alicyclic amines) is 2. The molecule has 2 heterocycles. The standard InChI is InChI=1S/C21H34N4O.HI/c1-3-22-21(25-13-11-19(16-25)17-26-2)23-14-20-10-7-12-24(20)15-18-8-5-4-6-9-18;/h4-6,8-9,19-20H,3,7,10-17H2,1-2H3,(H,22,23);1H. The maximum Gasteiger partial charge on any atom is 0.193 e. The van der Waals surface area contributed by atoms with Gasteiger partial charge in [-0.3, -0.25) is 9.89 Å². The summed E-state index contributed by atoms with van der Waals surface area (Å²) in [6.07, 6.45) is 3.73. The number of hydrogen-bond donors (Lipinski definition) is 1. The van der Waals surface area contributed by atoms with E-state index in [9.17, 15) is 0 Å². The van der Waals surface area contributed by atoms with Crippen LogP contribution in [0.2, 0.25) is 0 Å². The van der Waals surface area contributed by atoms with E-state index in [1.54, 1.807) is 7.11 Å². The van der Waals surface area contributed by atoms with Gasteiger partial charge in [-0.15, -0.1) is 24.0 Å². The summed E-state index contributed by atoms with van der Waals surface area (Å²) in [5.41, 5.74) is 1.40. The van der Waals surface area contributed by atoms with Crippen molar-refractivity contribution in [1.29, 1.82) is 0 Å². The van der Waals surface area contributed by atoms with Crippen molar-refractivity contribution < 1.29 is 4.74 Å². The Labute approximate surface area is 181 Å². The average Bonchev–Trinajstić information content (AvgIpc) is 3.30. The number of hydrogen-bond acceptors (Lipinski definition) is 3. The Morgan fingerprint density at radius 3 is 2.78 bits per heavy atom. The van der Waals surface area contributed by atoms with E-state index in [-0.39, 0.29) is 24.0 Å². The van der Waals surface area contributed by atoms with Gasteiger partial charge in [0, 0.05) is 45.2 Å². The molecule has 2 aliphatic heterocycles. The topological polar surface area (TPSA) is 40.1 Å². The second kappa shape index (κ2) is 11.9. The van der Waals surface area contributed by atoms with Gasteiger partial charge in [0.05, 0.1) is 13.2 Å². The van der Waals surface area contributed by atoms with Gasteiger partial charge in [-0.1, -0.05) is 30.3 Å². The highest BCUT2D eigenvalue weighted by Crippen LogP contribution is 2.21. The Morgan fingerprint density at radius 1 is 1.22 bits per heavy atom. The smallest absolute Gasteiger partial charge is 0.193 e. The molecule has 2 saturated heterocycles. The molecule has 6 heteroatoms. The number of halogens is 1. The summed E-state index contributed by atoms with van der Waals surface area (Å²) in [7, 11) is 1.80. The lowest BCUT2D eigenvalue weighted by Gasteiger charge is -2.25. The monoisotopic (exact) mass is 486 g/mol. The maximum absolute atomic E-state index is 5.33. The van der Waals surface area contributed by atoms with E-state index in [1.165, 1.54) is 31.4 Å². The summed E-state index contributed by atoms with van der Waals surface area (Å²) in [6, 6.07) is 11.4. The van der Waals surface area contributed by atoms with E-state index in [4.69, 9.17) is 9.73 Å². The molecule has 2 fully saturated rings. The first-order valence-corrected chi connectivity index (χ1v) is 10.1. The van der Waals surface area contributed by atoms with Gasteiger partial charge in [0.2, 0.25) is 0 Å². The molecule has 27 heavy (non-hydrogen) atoms. The number of benzene rings is 1. The van der Waals surface area contributed by atoms with Crippen LogP contribution in [0.5, 0.6) is 0 Å². The number of methoxy groups -OCH3 is 1. The second-order valence-electron chi connectivity index (χ2n) is 7.50. The van der Waals surface area contributed by atoms with Crippen LogP contribution in [-0.4, -0.2) is 68.2 Å². The Kier molecular flexibility index (Phi) is 9.86. The van der Waals surface area contributed by atoms with Crippen LogP contribution >= 0.6 is 24.0 Å². The normalized spacial score (nSPS) is 23.5. The molecule has 0 amide bonds. The minimum absolute atomic E-state index is 0. The van der Waals surface area contributed by atoms with Gasteiger partial charge in [-0.05, 0) is 38.3 Å². The lowest BCUT2D eigenvalue weighted by Crippen LogP contribution is -2.41. The van der Waals surface area contributed by atoms with Crippen LogP contribution in [0.3, 0.4) is 0 Å². The summed E-state index contributed by atoms with van der Waals surface area (Å²) >= 11 is 0. The van der Waals surface area contributed by atoms with E-state index in [2.05, 4.69) is 52.4 Å². The van der Waals surface area contributed by atoms with Crippen molar-refractivity contribution in [2.24, 2.45) is 10.9 Å². The number of rotatable bonds is 7. The summed E-state index contributed by atoms with van der Waals surface area (Å²) in [5.74, 6) is 1.71. The molecule has 2 aliphatic rings. The largest absolute Gasteiger partial charge is 0.384 e. The highest BCUT2D eigenvalue weighted by atomic mass is 127. The molecule has 0 radical (unpaired) electrons. The SMILES string of the molecule is CCNC(=NCC1CCCN1Cc1ccccc1)N1CCC(COC)C1.I. The first kappa shape index (κ1) is 22.4. The van der Waals surface area contributed by atoms with Crippen molar-refractivity contribution >= 4 is 29.9 Å². The molecule has 2 unspecified atom stereocenters. The third-order valence-electron chi connectivity index (χ3n) is 5.50. The van der Waals surface area contributed by atoms with Gasteiger partial charge >= 0.3 is 0 Å². The fourth-order valence-electron chi connectivity index (χ4n) is 4.14. The van der Waals surface area contributed by atoms with Crippen LogP contribution in [0, 0.1) is 5.92 Å². The minimum atomic E-state index is 0. The van der Waals surface area contributed by atoms with E-state index in [0.717, 1.165) is 45.3 Å². The van der Waals surface area contributed by atoms with Crippen LogP contribution in [-0.2, 0) is 11.3 Å². The lowest BCUT2D eigenvalue weighted by atomic mass is 10.1. The number of nitrogens with zero attached hydrogens (tertiary/aromatic N) is 3. The van der Waals surface area contributed by atoms with E-state index < -0.39 is 0 Å². The lowest BCUT2D eigenvalue weighted by molar-refractivity contribution is 0.157. The van der Waals surface area contributed by atoms with Crippen LogP contribution in [0.15, 0.2) is 35.3 Å². The molecular weight excluding hydrogens is 451 g/mol. The summed E-state index contributed by atoms with van der Waals surface area (Å²) in [6.45, 7) is 9.17. The second-order valence-corrected chi connectivity index (χ2v) is 7.50. The maximum atomic E-state index is 5.33. The van der Waals surface area contributed by atoms with Crippen LogP contribution < -0.4 is 5.32 Å². The number of nitrogens with one attached hydrogen (secondary N) is 1. The van der Waals surface area contributed by atoms with Gasteiger partial charge < -0.3 is 15.0 Å². The number of ether oxygens (including phenoxy) is 1.